The van der Waals surface area contributed by atoms with Crippen LogP contribution in [-0.2, 0) is 4.74 Å². The molecule has 0 saturated heterocycles. The molecule has 128 valence electrons. The van der Waals surface area contributed by atoms with Crippen LogP contribution >= 0.6 is 15.9 Å². The lowest BCUT2D eigenvalue weighted by molar-refractivity contribution is 0.0935. The molecule has 1 saturated carbocycles. The number of benzene rings is 1. The molecule has 1 fully saturated rings. The van der Waals surface area contributed by atoms with Gasteiger partial charge >= 0.3 is 0 Å². The molecule has 1 unspecified atom stereocenters. The molecule has 1 heterocycles. The summed E-state index contributed by atoms with van der Waals surface area (Å²) >= 11 is 3.51. The van der Waals surface area contributed by atoms with E-state index in [1.54, 1.807) is 7.11 Å². The number of fused-ring (bicyclic) bond motifs is 1. The average Bonchev–Trinajstić information content (AvgIpc) is 3.37. The van der Waals surface area contributed by atoms with E-state index in [1.165, 1.54) is 12.8 Å². The van der Waals surface area contributed by atoms with Gasteiger partial charge in [-0.1, -0.05) is 22.9 Å². The van der Waals surface area contributed by atoms with Crippen molar-refractivity contribution in [1.29, 1.82) is 0 Å². The lowest BCUT2D eigenvalue weighted by Gasteiger charge is -2.16. The number of pyridine rings is 1. The van der Waals surface area contributed by atoms with Crippen LogP contribution in [-0.4, -0.2) is 31.2 Å². The van der Waals surface area contributed by atoms with E-state index in [-0.39, 0.29) is 11.8 Å². The Balaban J connectivity index is 1.99. The summed E-state index contributed by atoms with van der Waals surface area (Å²) in [7, 11) is 1.68. The second-order valence-corrected chi connectivity index (χ2v) is 7.62. The van der Waals surface area contributed by atoms with Crippen molar-refractivity contribution >= 4 is 32.7 Å². The summed E-state index contributed by atoms with van der Waals surface area (Å²) in [6, 6.07) is 5.94. The SMILES string of the molecule is COCC(C)CNC(=O)c1c(C)c(C2CC2)nc2ccc(Br)cc12. The summed E-state index contributed by atoms with van der Waals surface area (Å²) in [6.45, 7) is 5.32. The normalized spacial score (nSPS) is 15.5. The fourth-order valence-corrected chi connectivity index (χ4v) is 3.46. The van der Waals surface area contributed by atoms with Crippen LogP contribution in [0.5, 0.6) is 0 Å². The molecule has 1 aliphatic rings. The van der Waals surface area contributed by atoms with Gasteiger partial charge in [0, 0.05) is 35.1 Å². The summed E-state index contributed by atoms with van der Waals surface area (Å²) in [5.74, 6) is 0.766. The average molecular weight is 391 g/mol. The van der Waals surface area contributed by atoms with Crippen molar-refractivity contribution in [3.8, 4) is 0 Å². The van der Waals surface area contributed by atoms with E-state index in [2.05, 4.69) is 28.2 Å². The van der Waals surface area contributed by atoms with Gasteiger partial charge in [0.2, 0.25) is 0 Å². The van der Waals surface area contributed by atoms with Crippen LogP contribution in [0, 0.1) is 12.8 Å². The summed E-state index contributed by atoms with van der Waals surface area (Å²) in [4.78, 5) is 17.7. The first kappa shape index (κ1) is 17.4. The number of ether oxygens (including phenoxy) is 1. The third-order valence-electron chi connectivity index (χ3n) is 4.48. The first-order valence-corrected chi connectivity index (χ1v) is 9.17. The number of carbonyl (C=O) groups is 1. The number of rotatable bonds is 6. The molecule has 5 heteroatoms. The van der Waals surface area contributed by atoms with Gasteiger partial charge in [0.05, 0.1) is 17.7 Å². The van der Waals surface area contributed by atoms with E-state index in [9.17, 15) is 4.79 Å². The molecule has 3 rings (SSSR count). The maximum absolute atomic E-state index is 12.9. The molecule has 0 radical (unpaired) electrons. The molecule has 4 nitrogen and oxygen atoms in total. The largest absolute Gasteiger partial charge is 0.384 e. The lowest BCUT2D eigenvalue weighted by atomic mass is 9.98. The van der Waals surface area contributed by atoms with E-state index in [0.29, 0.717) is 19.1 Å². The minimum absolute atomic E-state index is 0.0251. The van der Waals surface area contributed by atoms with Gasteiger partial charge in [-0.25, -0.2) is 0 Å². The zero-order valence-electron chi connectivity index (χ0n) is 14.4. The lowest BCUT2D eigenvalue weighted by Crippen LogP contribution is -2.30. The number of amides is 1. The van der Waals surface area contributed by atoms with Gasteiger partial charge in [0.25, 0.3) is 5.91 Å². The van der Waals surface area contributed by atoms with Gasteiger partial charge in [-0.15, -0.1) is 0 Å². The summed E-state index contributed by atoms with van der Waals surface area (Å²) in [6.07, 6.45) is 2.34. The zero-order valence-corrected chi connectivity index (χ0v) is 15.9. The van der Waals surface area contributed by atoms with Crippen molar-refractivity contribution in [2.24, 2.45) is 5.92 Å². The topological polar surface area (TPSA) is 51.2 Å². The number of aromatic nitrogens is 1. The first-order valence-electron chi connectivity index (χ1n) is 8.38. The third-order valence-corrected chi connectivity index (χ3v) is 4.97. The van der Waals surface area contributed by atoms with Crippen molar-refractivity contribution in [3.63, 3.8) is 0 Å². The van der Waals surface area contributed by atoms with Crippen LogP contribution in [0.4, 0.5) is 0 Å². The quantitative estimate of drug-likeness (QED) is 0.803. The minimum atomic E-state index is -0.0251. The fourth-order valence-electron chi connectivity index (χ4n) is 3.10. The Kier molecular flexibility index (Phi) is 5.21. The highest BCUT2D eigenvalue weighted by molar-refractivity contribution is 9.10. The predicted molar refractivity (Wildman–Crippen MR) is 99.5 cm³/mol. The van der Waals surface area contributed by atoms with Gasteiger partial charge in [-0.2, -0.15) is 0 Å². The number of halogens is 1. The van der Waals surface area contributed by atoms with Crippen LogP contribution in [0.25, 0.3) is 10.9 Å². The molecular formula is C19H23BrN2O2. The molecule has 1 aromatic carbocycles. The first-order chi connectivity index (χ1) is 11.5. The van der Waals surface area contributed by atoms with Crippen LogP contribution in [0.2, 0.25) is 0 Å². The van der Waals surface area contributed by atoms with E-state index in [0.717, 1.165) is 32.2 Å². The predicted octanol–water partition coefficient (Wildman–Crippen LogP) is 4.20. The molecule has 2 aromatic rings. The minimum Gasteiger partial charge on any atom is -0.384 e. The van der Waals surface area contributed by atoms with Crippen LogP contribution in [0.15, 0.2) is 22.7 Å². The molecule has 1 aromatic heterocycles. The van der Waals surface area contributed by atoms with Gasteiger partial charge in [0.15, 0.2) is 0 Å². The van der Waals surface area contributed by atoms with Crippen LogP contribution < -0.4 is 5.32 Å². The van der Waals surface area contributed by atoms with E-state index < -0.39 is 0 Å². The molecule has 1 aliphatic carbocycles. The zero-order chi connectivity index (χ0) is 17.3. The Bertz CT molecular complexity index is 772. The highest BCUT2D eigenvalue weighted by Crippen LogP contribution is 2.42. The Labute approximate surface area is 151 Å². The molecule has 0 spiro atoms. The van der Waals surface area contributed by atoms with E-state index in [4.69, 9.17) is 9.72 Å². The molecule has 0 aliphatic heterocycles. The van der Waals surface area contributed by atoms with Crippen molar-refractivity contribution in [2.75, 3.05) is 20.3 Å². The molecule has 24 heavy (non-hydrogen) atoms. The van der Waals surface area contributed by atoms with Crippen molar-refractivity contribution in [1.82, 2.24) is 10.3 Å². The number of nitrogens with one attached hydrogen (secondary N) is 1. The van der Waals surface area contributed by atoms with Crippen LogP contribution in [0.1, 0.15) is 47.3 Å². The molecule has 1 N–H and O–H groups in total. The van der Waals surface area contributed by atoms with Gasteiger partial charge in [-0.3, -0.25) is 9.78 Å². The van der Waals surface area contributed by atoms with Gasteiger partial charge in [0.1, 0.15) is 0 Å². The Morgan fingerprint density at radius 1 is 1.46 bits per heavy atom. The number of carbonyl (C=O) groups excluding carboxylic acids is 1. The van der Waals surface area contributed by atoms with Crippen molar-refractivity contribution in [2.45, 2.75) is 32.6 Å². The van der Waals surface area contributed by atoms with Gasteiger partial charge < -0.3 is 10.1 Å². The smallest absolute Gasteiger partial charge is 0.252 e. The number of hydrogen-bond acceptors (Lipinski definition) is 3. The Morgan fingerprint density at radius 2 is 2.21 bits per heavy atom. The van der Waals surface area contributed by atoms with Gasteiger partial charge in [-0.05, 0) is 49.4 Å². The summed E-state index contributed by atoms with van der Waals surface area (Å²) in [5, 5.41) is 3.97. The second-order valence-electron chi connectivity index (χ2n) is 6.70. The third kappa shape index (κ3) is 3.62. The standard InChI is InChI=1S/C19H23BrN2O2/c1-11(10-24-3)9-21-19(23)17-12(2)18(13-4-5-13)22-16-7-6-14(20)8-15(16)17/h6-8,11,13H,4-5,9-10H2,1-3H3,(H,21,23). The maximum atomic E-state index is 12.9. The Hall–Kier alpha value is -1.46. The summed E-state index contributed by atoms with van der Waals surface area (Å²) < 4.78 is 6.10. The number of nitrogens with zero attached hydrogens (tertiary/aromatic N) is 1. The molecule has 0 bridgehead atoms. The second kappa shape index (κ2) is 7.19. The maximum Gasteiger partial charge on any atom is 0.252 e. The molecular weight excluding hydrogens is 368 g/mol. The van der Waals surface area contributed by atoms with Crippen molar-refractivity contribution < 1.29 is 9.53 Å². The number of methoxy groups -OCH3 is 1. The monoisotopic (exact) mass is 390 g/mol. The number of hydrogen-bond donors (Lipinski definition) is 1. The molecule has 1 amide bonds. The van der Waals surface area contributed by atoms with Crippen molar-refractivity contribution in [3.05, 3.63) is 39.5 Å². The Morgan fingerprint density at radius 3 is 2.88 bits per heavy atom. The van der Waals surface area contributed by atoms with E-state index >= 15 is 0 Å². The fraction of sp³-hybridized carbons (Fsp3) is 0.474. The highest BCUT2D eigenvalue weighted by atomic mass is 79.9. The summed E-state index contributed by atoms with van der Waals surface area (Å²) in [5.41, 5.74) is 3.74. The van der Waals surface area contributed by atoms with E-state index in [1.807, 2.05) is 25.1 Å². The molecule has 1 atom stereocenters. The van der Waals surface area contributed by atoms with Crippen LogP contribution in [0.3, 0.4) is 0 Å². The highest BCUT2D eigenvalue weighted by Gasteiger charge is 2.29.